The van der Waals surface area contributed by atoms with Crippen molar-refractivity contribution < 1.29 is 0 Å². The third-order valence-corrected chi connectivity index (χ3v) is 5.53. The second-order valence-electron chi connectivity index (χ2n) is 6.49. The molecule has 1 spiro atoms. The number of hydrogen-bond donors (Lipinski definition) is 0. The van der Waals surface area contributed by atoms with Crippen molar-refractivity contribution in [3.63, 3.8) is 0 Å². The third-order valence-electron chi connectivity index (χ3n) is 5.04. The molecule has 2 aliphatic rings. The van der Waals surface area contributed by atoms with Crippen LogP contribution in [0.2, 0.25) is 0 Å². The van der Waals surface area contributed by atoms with Crippen molar-refractivity contribution in [2.45, 2.75) is 51.9 Å². The highest BCUT2D eigenvalue weighted by atomic mass is 79.9. The summed E-state index contributed by atoms with van der Waals surface area (Å²) < 4.78 is 1.16. The zero-order chi connectivity index (χ0) is 16.4. The lowest BCUT2D eigenvalue weighted by atomic mass is 9.55. The normalized spacial score (nSPS) is 20.0. The zero-order valence-corrected chi connectivity index (χ0v) is 15.9. The van der Waals surface area contributed by atoms with E-state index in [-0.39, 0.29) is 5.41 Å². The number of likely N-dealkylation sites (N-methyl/N-ethyl adjacent to an activating group) is 1. The zero-order valence-electron chi connectivity index (χ0n) is 14.3. The predicted octanol–water partition coefficient (Wildman–Crippen LogP) is 6.27. The molecule has 0 saturated heterocycles. The maximum Gasteiger partial charge on any atom is 0.0360 e. The van der Waals surface area contributed by atoms with E-state index >= 15 is 0 Å². The molecule has 2 fully saturated rings. The summed E-state index contributed by atoms with van der Waals surface area (Å²) >= 11 is 3.61. The highest BCUT2D eigenvalue weighted by molar-refractivity contribution is 9.10. The first kappa shape index (κ1) is 17.3. The molecule has 1 nitrogen and oxygen atoms in total. The van der Waals surface area contributed by atoms with Crippen LogP contribution >= 0.6 is 15.9 Å². The van der Waals surface area contributed by atoms with Gasteiger partial charge in [0.15, 0.2) is 0 Å². The Hall–Kier alpha value is -1.02. The average Bonchev–Trinajstić information content (AvgIpc) is 3.27. The van der Waals surface area contributed by atoms with Gasteiger partial charge in [0.2, 0.25) is 0 Å². The second-order valence-corrected chi connectivity index (χ2v) is 7.40. The standard InChI is InChI=1S/C18H22BrN.C2H6/c1-4-10-20(3)14(2)18(12-17(13-18)8-9-17)15-6-5-7-16(19)11-15;1-2/h4-7,10-11H,2,8-9,12-13H2,1,3H3;1-2H3/b10-4-;. The van der Waals surface area contributed by atoms with Gasteiger partial charge in [-0.1, -0.05) is 54.6 Å². The van der Waals surface area contributed by atoms with Gasteiger partial charge < -0.3 is 4.90 Å². The number of allylic oxidation sites excluding steroid dienone is 2. The van der Waals surface area contributed by atoms with E-state index in [1.165, 1.54) is 36.9 Å². The van der Waals surface area contributed by atoms with E-state index in [2.05, 4.69) is 77.9 Å². The minimum absolute atomic E-state index is 0.133. The van der Waals surface area contributed by atoms with Gasteiger partial charge in [0, 0.05) is 22.6 Å². The van der Waals surface area contributed by atoms with E-state index in [1.54, 1.807) is 0 Å². The van der Waals surface area contributed by atoms with E-state index in [1.807, 2.05) is 13.8 Å². The Morgan fingerprint density at radius 2 is 1.91 bits per heavy atom. The minimum atomic E-state index is 0.133. The van der Waals surface area contributed by atoms with Gasteiger partial charge in [0.1, 0.15) is 0 Å². The lowest BCUT2D eigenvalue weighted by molar-refractivity contribution is 0.131. The minimum Gasteiger partial charge on any atom is -0.354 e. The molecule has 120 valence electrons. The SMILES string of the molecule is C=C(N(C)/C=C\C)C1(c2cccc(Br)c2)CC2(CC2)C1.CC. The summed E-state index contributed by atoms with van der Waals surface area (Å²) in [5, 5.41) is 0. The van der Waals surface area contributed by atoms with E-state index in [0.717, 1.165) is 4.47 Å². The summed E-state index contributed by atoms with van der Waals surface area (Å²) in [7, 11) is 2.11. The molecule has 0 unspecified atom stereocenters. The molecule has 3 rings (SSSR count). The summed E-state index contributed by atoms with van der Waals surface area (Å²) in [6.45, 7) is 10.5. The number of rotatable bonds is 4. The molecule has 22 heavy (non-hydrogen) atoms. The summed E-state index contributed by atoms with van der Waals surface area (Å²) in [5.74, 6) is 0. The lowest BCUT2D eigenvalue weighted by Gasteiger charge is -2.52. The van der Waals surface area contributed by atoms with Gasteiger partial charge in [-0.15, -0.1) is 0 Å². The molecule has 0 N–H and O–H groups in total. The van der Waals surface area contributed by atoms with Gasteiger partial charge in [-0.2, -0.15) is 0 Å². The van der Waals surface area contributed by atoms with Crippen LogP contribution in [0.5, 0.6) is 0 Å². The molecule has 0 aromatic heterocycles. The van der Waals surface area contributed by atoms with Crippen LogP contribution in [0.15, 0.2) is 53.3 Å². The van der Waals surface area contributed by atoms with E-state index in [4.69, 9.17) is 0 Å². The second kappa shape index (κ2) is 6.62. The third kappa shape index (κ3) is 3.03. The number of hydrogen-bond acceptors (Lipinski definition) is 1. The Bertz CT molecular complexity index is 561. The fourth-order valence-corrected chi connectivity index (χ4v) is 4.17. The number of nitrogens with zero attached hydrogens (tertiary/aromatic N) is 1. The molecule has 2 saturated carbocycles. The van der Waals surface area contributed by atoms with Crippen LogP contribution < -0.4 is 0 Å². The van der Waals surface area contributed by atoms with Gasteiger partial charge >= 0.3 is 0 Å². The van der Waals surface area contributed by atoms with Gasteiger partial charge in [0.25, 0.3) is 0 Å². The van der Waals surface area contributed by atoms with Crippen LogP contribution in [-0.4, -0.2) is 11.9 Å². The van der Waals surface area contributed by atoms with Crippen molar-refractivity contribution in [1.82, 2.24) is 4.90 Å². The van der Waals surface area contributed by atoms with Crippen molar-refractivity contribution in [3.8, 4) is 0 Å². The van der Waals surface area contributed by atoms with Crippen molar-refractivity contribution >= 4 is 15.9 Å². The molecule has 0 atom stereocenters. The fraction of sp³-hybridized carbons (Fsp3) is 0.500. The van der Waals surface area contributed by atoms with E-state index < -0.39 is 0 Å². The van der Waals surface area contributed by atoms with Gasteiger partial charge in [-0.25, -0.2) is 0 Å². The highest BCUT2D eigenvalue weighted by Gasteiger charge is 2.62. The first-order chi connectivity index (χ1) is 10.5. The highest BCUT2D eigenvalue weighted by Crippen LogP contribution is 2.71. The van der Waals surface area contributed by atoms with Crippen molar-refractivity contribution in [1.29, 1.82) is 0 Å². The van der Waals surface area contributed by atoms with Crippen LogP contribution in [-0.2, 0) is 5.41 Å². The Kier molecular flexibility index (Phi) is 5.21. The topological polar surface area (TPSA) is 3.24 Å². The molecule has 0 amide bonds. The van der Waals surface area contributed by atoms with E-state index in [9.17, 15) is 0 Å². The quantitative estimate of drug-likeness (QED) is 0.610. The van der Waals surface area contributed by atoms with Gasteiger partial charge in [0.05, 0.1) is 0 Å². The molecule has 1 aromatic rings. The molecular formula is C20H28BrN. The first-order valence-corrected chi connectivity index (χ1v) is 9.12. The number of halogens is 1. The van der Waals surface area contributed by atoms with Gasteiger partial charge in [-0.3, -0.25) is 0 Å². The first-order valence-electron chi connectivity index (χ1n) is 8.32. The summed E-state index contributed by atoms with van der Waals surface area (Å²) in [5.41, 5.74) is 3.41. The Labute approximate surface area is 144 Å². The fourth-order valence-electron chi connectivity index (χ4n) is 3.77. The largest absolute Gasteiger partial charge is 0.354 e. The van der Waals surface area contributed by atoms with Crippen molar-refractivity contribution in [2.24, 2.45) is 5.41 Å². The molecule has 1 aromatic carbocycles. The van der Waals surface area contributed by atoms with Gasteiger partial charge in [-0.05, 0) is 61.9 Å². The van der Waals surface area contributed by atoms with Crippen LogP contribution in [0, 0.1) is 5.41 Å². The Morgan fingerprint density at radius 1 is 1.27 bits per heavy atom. The molecule has 0 bridgehead atoms. The van der Waals surface area contributed by atoms with Crippen LogP contribution in [0.4, 0.5) is 0 Å². The molecule has 0 aliphatic heterocycles. The molecular weight excluding hydrogens is 334 g/mol. The maximum atomic E-state index is 4.43. The predicted molar refractivity (Wildman–Crippen MR) is 99.8 cm³/mol. The van der Waals surface area contributed by atoms with Crippen molar-refractivity contribution in [3.05, 3.63) is 58.9 Å². The van der Waals surface area contributed by atoms with E-state index in [0.29, 0.717) is 5.41 Å². The molecule has 2 heteroatoms. The lowest BCUT2D eigenvalue weighted by Crippen LogP contribution is -2.47. The van der Waals surface area contributed by atoms with Crippen molar-refractivity contribution in [2.75, 3.05) is 7.05 Å². The Balaban J connectivity index is 0.000000847. The molecule has 0 heterocycles. The average molecular weight is 362 g/mol. The Morgan fingerprint density at radius 3 is 2.41 bits per heavy atom. The molecule has 0 radical (unpaired) electrons. The van der Waals surface area contributed by atoms with Crippen LogP contribution in [0.3, 0.4) is 0 Å². The summed E-state index contributed by atoms with van der Waals surface area (Å²) in [6, 6.07) is 8.77. The summed E-state index contributed by atoms with van der Waals surface area (Å²) in [4.78, 5) is 2.19. The summed E-state index contributed by atoms with van der Waals surface area (Å²) in [6.07, 6.45) is 9.52. The maximum absolute atomic E-state index is 4.43. The molecule has 2 aliphatic carbocycles. The van der Waals surface area contributed by atoms with Crippen LogP contribution in [0.1, 0.15) is 52.0 Å². The number of benzene rings is 1. The monoisotopic (exact) mass is 361 g/mol. The van der Waals surface area contributed by atoms with Crippen LogP contribution in [0.25, 0.3) is 0 Å². The smallest absolute Gasteiger partial charge is 0.0360 e.